The molecule has 0 unspecified atom stereocenters. The first-order valence-corrected chi connectivity index (χ1v) is 5.27. The number of esters is 1. The number of carbonyl (C=O) groups is 1. The number of nitrogen functional groups attached to an aromatic ring is 1. The normalized spacial score (nSPS) is 10.1. The Kier molecular flexibility index (Phi) is 4.31. The van der Waals surface area contributed by atoms with Crippen LogP contribution in [0.4, 0.5) is 5.13 Å². The molecule has 0 fully saturated rings. The molecule has 0 aromatic carbocycles. The van der Waals surface area contributed by atoms with Gasteiger partial charge in [0.2, 0.25) is 0 Å². The van der Waals surface area contributed by atoms with Gasteiger partial charge >= 0.3 is 5.97 Å². The molecule has 6 heteroatoms. The van der Waals surface area contributed by atoms with E-state index in [9.17, 15) is 4.79 Å². The van der Waals surface area contributed by atoms with Crippen molar-refractivity contribution in [3.63, 3.8) is 0 Å². The Hall–Kier alpha value is -1.17. The Morgan fingerprint density at radius 3 is 2.93 bits per heavy atom. The van der Waals surface area contributed by atoms with E-state index in [1.165, 1.54) is 0 Å². The van der Waals surface area contributed by atoms with E-state index in [0.29, 0.717) is 6.61 Å². The van der Waals surface area contributed by atoms with Crippen molar-refractivity contribution < 1.29 is 9.53 Å². The number of unbranched alkanes of at least 4 members (excludes halogenated alkanes) is 2. The zero-order valence-electron chi connectivity index (χ0n) is 8.02. The molecule has 0 aliphatic carbocycles. The Labute approximate surface area is 86.5 Å². The third-order valence-corrected chi connectivity index (χ3v) is 2.15. The SMILES string of the molecule is CCCCCOC(=O)c1nsc(N)n1. The summed E-state index contributed by atoms with van der Waals surface area (Å²) >= 11 is 0.992. The molecule has 0 aliphatic heterocycles. The van der Waals surface area contributed by atoms with Crippen LogP contribution in [0.3, 0.4) is 0 Å². The highest BCUT2D eigenvalue weighted by molar-refractivity contribution is 7.09. The van der Waals surface area contributed by atoms with Crippen LogP contribution in [0.15, 0.2) is 0 Å². The van der Waals surface area contributed by atoms with Crippen LogP contribution in [0.5, 0.6) is 0 Å². The van der Waals surface area contributed by atoms with Gasteiger partial charge in [-0.25, -0.2) is 4.79 Å². The van der Waals surface area contributed by atoms with Gasteiger partial charge in [0, 0.05) is 11.5 Å². The Morgan fingerprint density at radius 2 is 2.36 bits per heavy atom. The van der Waals surface area contributed by atoms with Crippen LogP contribution in [0.1, 0.15) is 36.8 Å². The molecule has 78 valence electrons. The number of nitrogens with two attached hydrogens (primary N) is 1. The first-order chi connectivity index (χ1) is 6.74. The highest BCUT2D eigenvalue weighted by Crippen LogP contribution is 2.06. The van der Waals surface area contributed by atoms with Gasteiger partial charge in [-0.05, 0) is 6.42 Å². The van der Waals surface area contributed by atoms with Gasteiger partial charge in [0.1, 0.15) is 0 Å². The predicted octanol–water partition coefficient (Wildman–Crippen LogP) is 1.47. The van der Waals surface area contributed by atoms with Crippen molar-refractivity contribution in [3.05, 3.63) is 5.82 Å². The summed E-state index contributed by atoms with van der Waals surface area (Å²) in [6.07, 6.45) is 3.03. The molecule has 0 aliphatic rings. The maximum Gasteiger partial charge on any atom is 0.377 e. The average molecular weight is 215 g/mol. The highest BCUT2D eigenvalue weighted by Gasteiger charge is 2.12. The molecule has 1 aromatic heterocycles. The lowest BCUT2D eigenvalue weighted by Crippen LogP contribution is -2.08. The van der Waals surface area contributed by atoms with E-state index >= 15 is 0 Å². The minimum Gasteiger partial charge on any atom is -0.460 e. The van der Waals surface area contributed by atoms with E-state index in [4.69, 9.17) is 10.5 Å². The largest absolute Gasteiger partial charge is 0.460 e. The van der Waals surface area contributed by atoms with E-state index in [2.05, 4.69) is 16.3 Å². The van der Waals surface area contributed by atoms with Gasteiger partial charge in [-0.3, -0.25) is 0 Å². The van der Waals surface area contributed by atoms with Crippen LogP contribution in [-0.2, 0) is 4.74 Å². The number of hydrogen-bond acceptors (Lipinski definition) is 6. The standard InChI is InChI=1S/C8H13N3O2S/c1-2-3-4-5-13-7(12)6-10-8(9)14-11-6/h2-5H2,1H3,(H2,9,10,11). The number of hydrogen-bond donors (Lipinski definition) is 1. The maximum atomic E-state index is 11.2. The molecular formula is C8H13N3O2S. The Morgan fingerprint density at radius 1 is 1.57 bits per heavy atom. The molecule has 0 saturated heterocycles. The molecule has 0 spiro atoms. The summed E-state index contributed by atoms with van der Waals surface area (Å²) in [6, 6.07) is 0. The monoisotopic (exact) mass is 215 g/mol. The van der Waals surface area contributed by atoms with Crippen LogP contribution >= 0.6 is 11.5 Å². The fourth-order valence-corrected chi connectivity index (χ4v) is 1.32. The molecule has 1 rings (SSSR count). The quantitative estimate of drug-likeness (QED) is 0.594. The lowest BCUT2D eigenvalue weighted by molar-refractivity contribution is 0.0486. The van der Waals surface area contributed by atoms with E-state index in [1.807, 2.05) is 0 Å². The molecule has 0 amide bonds. The summed E-state index contributed by atoms with van der Waals surface area (Å²) in [5.74, 6) is -0.432. The zero-order valence-corrected chi connectivity index (χ0v) is 8.84. The summed E-state index contributed by atoms with van der Waals surface area (Å²) < 4.78 is 8.68. The highest BCUT2D eigenvalue weighted by atomic mass is 32.1. The molecule has 1 aromatic rings. The molecule has 1 heterocycles. The number of carbonyl (C=O) groups excluding carboxylic acids is 1. The topological polar surface area (TPSA) is 78.1 Å². The van der Waals surface area contributed by atoms with E-state index in [0.717, 1.165) is 30.8 Å². The van der Waals surface area contributed by atoms with Gasteiger partial charge in [-0.2, -0.15) is 9.36 Å². The predicted molar refractivity (Wildman–Crippen MR) is 54.1 cm³/mol. The van der Waals surface area contributed by atoms with Gasteiger partial charge in [-0.1, -0.05) is 19.8 Å². The second-order valence-electron chi connectivity index (χ2n) is 2.80. The molecule has 0 atom stereocenters. The molecule has 5 nitrogen and oxygen atoms in total. The van der Waals surface area contributed by atoms with Crippen molar-refractivity contribution in [1.29, 1.82) is 0 Å². The van der Waals surface area contributed by atoms with Crippen molar-refractivity contribution in [3.8, 4) is 0 Å². The second-order valence-corrected chi connectivity index (χ2v) is 3.58. The molecule has 0 saturated carbocycles. The van der Waals surface area contributed by atoms with Crippen LogP contribution in [0.25, 0.3) is 0 Å². The third kappa shape index (κ3) is 3.29. The average Bonchev–Trinajstić information content (AvgIpc) is 2.59. The minimum atomic E-state index is -0.492. The number of anilines is 1. The molecule has 0 bridgehead atoms. The summed E-state index contributed by atoms with van der Waals surface area (Å²) in [4.78, 5) is 14.9. The lowest BCUT2D eigenvalue weighted by atomic mass is 10.3. The third-order valence-electron chi connectivity index (χ3n) is 1.61. The van der Waals surface area contributed by atoms with Crippen molar-refractivity contribution in [1.82, 2.24) is 9.36 Å². The minimum absolute atomic E-state index is 0.0593. The first kappa shape index (κ1) is 10.9. The zero-order chi connectivity index (χ0) is 10.4. The smallest absolute Gasteiger partial charge is 0.377 e. The van der Waals surface area contributed by atoms with Crippen molar-refractivity contribution >= 4 is 22.6 Å². The van der Waals surface area contributed by atoms with Crippen molar-refractivity contribution in [2.24, 2.45) is 0 Å². The maximum absolute atomic E-state index is 11.2. The number of ether oxygens (including phenoxy) is 1. The van der Waals surface area contributed by atoms with E-state index in [-0.39, 0.29) is 11.0 Å². The molecule has 14 heavy (non-hydrogen) atoms. The van der Waals surface area contributed by atoms with Crippen LogP contribution in [0.2, 0.25) is 0 Å². The fourth-order valence-electron chi connectivity index (χ4n) is 0.900. The summed E-state index contributed by atoms with van der Waals surface area (Å²) in [6.45, 7) is 2.51. The Balaban J connectivity index is 2.29. The van der Waals surface area contributed by atoms with Gasteiger partial charge in [0.15, 0.2) is 5.13 Å². The van der Waals surface area contributed by atoms with Gasteiger partial charge in [0.25, 0.3) is 5.82 Å². The van der Waals surface area contributed by atoms with Crippen molar-refractivity contribution in [2.75, 3.05) is 12.3 Å². The summed E-state index contributed by atoms with van der Waals surface area (Å²) in [5.41, 5.74) is 5.33. The summed E-state index contributed by atoms with van der Waals surface area (Å²) in [5, 5.41) is 0.283. The first-order valence-electron chi connectivity index (χ1n) is 4.50. The number of rotatable bonds is 5. The Bertz CT molecular complexity index is 301. The van der Waals surface area contributed by atoms with Crippen LogP contribution < -0.4 is 5.73 Å². The molecular weight excluding hydrogens is 202 g/mol. The molecule has 0 radical (unpaired) electrons. The number of aromatic nitrogens is 2. The van der Waals surface area contributed by atoms with E-state index < -0.39 is 5.97 Å². The fraction of sp³-hybridized carbons (Fsp3) is 0.625. The van der Waals surface area contributed by atoms with Crippen molar-refractivity contribution in [2.45, 2.75) is 26.2 Å². The number of nitrogens with zero attached hydrogens (tertiary/aromatic N) is 2. The van der Waals surface area contributed by atoms with Gasteiger partial charge in [0.05, 0.1) is 6.61 Å². The van der Waals surface area contributed by atoms with E-state index in [1.54, 1.807) is 0 Å². The van der Waals surface area contributed by atoms with Crippen LogP contribution in [-0.4, -0.2) is 21.9 Å². The lowest BCUT2D eigenvalue weighted by Gasteiger charge is -2.00. The second kappa shape index (κ2) is 5.54. The molecule has 2 N–H and O–H groups in total. The van der Waals surface area contributed by atoms with Gasteiger partial charge in [-0.15, -0.1) is 0 Å². The van der Waals surface area contributed by atoms with Crippen LogP contribution in [0, 0.1) is 0 Å². The summed E-state index contributed by atoms with van der Waals surface area (Å²) in [7, 11) is 0. The van der Waals surface area contributed by atoms with Gasteiger partial charge < -0.3 is 10.5 Å².